The van der Waals surface area contributed by atoms with Gasteiger partial charge >= 0.3 is 0 Å². The molecule has 146 valence electrons. The molecule has 0 atom stereocenters. The predicted octanol–water partition coefficient (Wildman–Crippen LogP) is 2.10. The van der Waals surface area contributed by atoms with E-state index in [2.05, 4.69) is 9.97 Å². The lowest BCUT2D eigenvalue weighted by Gasteiger charge is -2.28. The number of hydrogen-bond donors (Lipinski definition) is 0. The summed E-state index contributed by atoms with van der Waals surface area (Å²) in [6.45, 7) is 5.13. The Labute approximate surface area is 163 Å². The number of hydrogen-bond acceptors (Lipinski definition) is 6. The first-order valence-electron chi connectivity index (χ1n) is 9.47. The van der Waals surface area contributed by atoms with Gasteiger partial charge in [0.15, 0.2) is 6.39 Å². The van der Waals surface area contributed by atoms with Crippen LogP contribution in [0.2, 0.25) is 0 Å². The normalized spacial score (nSPS) is 13.5. The maximum absolute atomic E-state index is 12.8. The number of oxazole rings is 1. The van der Waals surface area contributed by atoms with Crippen LogP contribution in [0.15, 0.2) is 41.6 Å². The summed E-state index contributed by atoms with van der Waals surface area (Å²) in [6, 6.07) is 3.77. The van der Waals surface area contributed by atoms with Crippen molar-refractivity contribution in [2.45, 2.75) is 32.9 Å². The summed E-state index contributed by atoms with van der Waals surface area (Å²) >= 11 is 0. The Kier molecular flexibility index (Phi) is 5.48. The second kappa shape index (κ2) is 8.35. The molecule has 0 radical (unpaired) electrons. The Morgan fingerprint density at radius 3 is 3.07 bits per heavy atom. The summed E-state index contributed by atoms with van der Waals surface area (Å²) in [7, 11) is 0. The number of carbonyl (C=O) groups excluding carboxylic acids is 1. The maximum Gasteiger partial charge on any atom is 0.227 e. The van der Waals surface area contributed by atoms with Gasteiger partial charge in [0.25, 0.3) is 0 Å². The Balaban J connectivity index is 1.57. The molecule has 8 nitrogen and oxygen atoms in total. The quantitative estimate of drug-likeness (QED) is 0.583. The zero-order valence-corrected chi connectivity index (χ0v) is 15.9. The molecule has 0 unspecified atom stereocenters. The van der Waals surface area contributed by atoms with E-state index in [1.54, 1.807) is 18.7 Å². The predicted molar refractivity (Wildman–Crippen MR) is 101 cm³/mol. The zero-order valence-electron chi connectivity index (χ0n) is 15.9. The van der Waals surface area contributed by atoms with Crippen molar-refractivity contribution in [2.24, 2.45) is 0 Å². The third-order valence-electron chi connectivity index (χ3n) is 4.89. The van der Waals surface area contributed by atoms with Gasteiger partial charge in [-0.15, -0.1) is 0 Å². The molecule has 0 saturated carbocycles. The van der Waals surface area contributed by atoms with Gasteiger partial charge in [-0.25, -0.2) is 4.98 Å². The minimum atomic E-state index is 0.0896. The molecule has 0 spiro atoms. The van der Waals surface area contributed by atoms with Crippen molar-refractivity contribution in [1.82, 2.24) is 24.6 Å². The third kappa shape index (κ3) is 3.82. The molecule has 3 aromatic rings. The number of nitrogens with zero attached hydrogens (tertiary/aromatic N) is 5. The highest BCUT2D eigenvalue weighted by Gasteiger charge is 2.28. The van der Waals surface area contributed by atoms with Crippen molar-refractivity contribution < 1.29 is 13.9 Å². The smallest absolute Gasteiger partial charge is 0.227 e. The van der Waals surface area contributed by atoms with Crippen molar-refractivity contribution in [1.29, 1.82) is 0 Å². The van der Waals surface area contributed by atoms with Gasteiger partial charge in [0.2, 0.25) is 5.91 Å². The Morgan fingerprint density at radius 1 is 1.39 bits per heavy atom. The highest BCUT2D eigenvalue weighted by molar-refractivity contribution is 5.79. The highest BCUT2D eigenvalue weighted by Crippen LogP contribution is 2.29. The fraction of sp³-hybridized carbons (Fsp3) is 0.400. The van der Waals surface area contributed by atoms with Crippen LogP contribution in [-0.2, 0) is 35.5 Å². The summed E-state index contributed by atoms with van der Waals surface area (Å²) in [6.07, 6.45) is 7.54. The average molecular weight is 381 g/mol. The number of amides is 1. The van der Waals surface area contributed by atoms with Crippen molar-refractivity contribution in [2.75, 3.05) is 19.8 Å². The van der Waals surface area contributed by atoms with E-state index in [4.69, 9.17) is 14.3 Å². The molecule has 1 aliphatic rings. The molecule has 4 heterocycles. The lowest BCUT2D eigenvalue weighted by molar-refractivity contribution is -0.131. The van der Waals surface area contributed by atoms with E-state index in [9.17, 15) is 4.79 Å². The lowest BCUT2D eigenvalue weighted by Crippen LogP contribution is -2.37. The number of ether oxygens (including phenoxy) is 1. The van der Waals surface area contributed by atoms with Crippen LogP contribution in [0.25, 0.3) is 11.4 Å². The molecule has 4 rings (SSSR count). The number of fused-ring (bicyclic) bond motifs is 1. The van der Waals surface area contributed by atoms with Crippen molar-refractivity contribution in [3.8, 4) is 11.4 Å². The van der Waals surface area contributed by atoms with Crippen LogP contribution in [0.1, 0.15) is 23.7 Å². The first-order valence-corrected chi connectivity index (χ1v) is 9.47. The number of aromatic nitrogens is 4. The average Bonchev–Trinajstić information content (AvgIpc) is 3.37. The van der Waals surface area contributed by atoms with Gasteiger partial charge in [-0.05, 0) is 18.6 Å². The molecular formula is C20H23N5O3. The van der Waals surface area contributed by atoms with Gasteiger partial charge < -0.3 is 14.1 Å². The SMILES string of the molecule is CCOCCn1nc(-c2cocn2)c2c1CCN(C(=O)Cc1cccnc1)C2. The monoisotopic (exact) mass is 381 g/mol. The summed E-state index contributed by atoms with van der Waals surface area (Å²) in [5, 5.41) is 4.75. The van der Waals surface area contributed by atoms with Crippen molar-refractivity contribution in [3.05, 3.63) is 54.0 Å². The molecule has 8 heteroatoms. The Hall–Kier alpha value is -3.00. The van der Waals surface area contributed by atoms with Crippen LogP contribution in [-0.4, -0.2) is 50.3 Å². The van der Waals surface area contributed by atoms with Gasteiger partial charge in [0.1, 0.15) is 17.7 Å². The Bertz CT molecular complexity index is 921. The maximum atomic E-state index is 12.8. The van der Waals surface area contributed by atoms with Crippen LogP contribution >= 0.6 is 0 Å². The van der Waals surface area contributed by atoms with Crippen molar-refractivity contribution >= 4 is 5.91 Å². The van der Waals surface area contributed by atoms with Crippen molar-refractivity contribution in [3.63, 3.8) is 0 Å². The van der Waals surface area contributed by atoms with Gasteiger partial charge in [-0.3, -0.25) is 14.5 Å². The summed E-state index contributed by atoms with van der Waals surface area (Å²) in [4.78, 5) is 23.0. The number of rotatable bonds is 7. The van der Waals surface area contributed by atoms with E-state index in [0.717, 1.165) is 28.9 Å². The molecule has 0 fully saturated rings. The van der Waals surface area contributed by atoms with Crippen LogP contribution in [0.5, 0.6) is 0 Å². The minimum absolute atomic E-state index is 0.0896. The van der Waals surface area contributed by atoms with Crippen LogP contribution in [0.3, 0.4) is 0 Å². The second-order valence-corrected chi connectivity index (χ2v) is 6.67. The fourth-order valence-electron chi connectivity index (χ4n) is 3.51. The molecule has 28 heavy (non-hydrogen) atoms. The van der Waals surface area contributed by atoms with E-state index in [1.165, 1.54) is 6.39 Å². The summed E-state index contributed by atoms with van der Waals surface area (Å²) < 4.78 is 12.6. The largest absolute Gasteiger partial charge is 0.451 e. The van der Waals surface area contributed by atoms with Gasteiger partial charge in [-0.1, -0.05) is 6.07 Å². The molecule has 0 bridgehead atoms. The molecule has 0 N–H and O–H groups in total. The number of carbonyl (C=O) groups is 1. The molecule has 0 aliphatic carbocycles. The van der Waals surface area contributed by atoms with Gasteiger partial charge in [0.05, 0.1) is 19.6 Å². The molecule has 1 amide bonds. The van der Waals surface area contributed by atoms with Gasteiger partial charge in [0, 0.05) is 49.8 Å². The fourth-order valence-corrected chi connectivity index (χ4v) is 3.51. The lowest BCUT2D eigenvalue weighted by atomic mass is 10.0. The van der Waals surface area contributed by atoms with Gasteiger partial charge in [-0.2, -0.15) is 5.10 Å². The molecular weight excluding hydrogens is 358 g/mol. The van der Waals surface area contributed by atoms with Crippen LogP contribution in [0, 0.1) is 0 Å². The Morgan fingerprint density at radius 2 is 2.32 bits per heavy atom. The zero-order chi connectivity index (χ0) is 19.3. The van der Waals surface area contributed by atoms with E-state index in [-0.39, 0.29) is 5.91 Å². The summed E-state index contributed by atoms with van der Waals surface area (Å²) in [5.41, 5.74) is 4.56. The molecule has 3 aromatic heterocycles. The summed E-state index contributed by atoms with van der Waals surface area (Å²) in [5.74, 6) is 0.0896. The molecule has 0 saturated heterocycles. The van der Waals surface area contributed by atoms with Crippen LogP contribution < -0.4 is 0 Å². The van der Waals surface area contributed by atoms with E-state index in [0.29, 0.717) is 45.0 Å². The highest BCUT2D eigenvalue weighted by atomic mass is 16.5. The van der Waals surface area contributed by atoms with E-state index in [1.807, 2.05) is 28.6 Å². The minimum Gasteiger partial charge on any atom is -0.451 e. The first kappa shape index (κ1) is 18.4. The van der Waals surface area contributed by atoms with E-state index >= 15 is 0 Å². The molecule has 0 aromatic carbocycles. The third-order valence-corrected chi connectivity index (χ3v) is 4.89. The number of pyridine rings is 1. The first-order chi connectivity index (χ1) is 13.8. The van der Waals surface area contributed by atoms with Crippen LogP contribution in [0.4, 0.5) is 0 Å². The second-order valence-electron chi connectivity index (χ2n) is 6.67. The van der Waals surface area contributed by atoms with E-state index < -0.39 is 0 Å². The molecule has 1 aliphatic heterocycles. The standard InChI is InChI=1S/C20H23N5O3/c1-2-27-9-8-25-18-5-7-24(19(26)10-15-4-3-6-21-11-15)12-16(18)20(23-25)17-13-28-14-22-17/h3-4,6,11,13-14H,2,5,7-10,12H2,1H3. The topological polar surface area (TPSA) is 86.3 Å².